The molecule has 11 rings (SSSR count). The van der Waals surface area contributed by atoms with Crippen LogP contribution < -0.4 is 11.1 Å². The highest BCUT2D eigenvalue weighted by Crippen LogP contribution is 2.59. The minimum Gasteiger partial charge on any atom is -0.481 e. The molecule has 4 unspecified atom stereocenters. The standard InChI is InChI=1S/C10H12N2.C10H17NO2.C10H15NO.C10H13N.C10H15N/c11-4-3-10(7-12)5-8-1-2-9(8)6-10;11-6-10(5-9(12)13)3-7-1-2-8(7)4-10;12-9-5-10(6-11-9)3-7-1-2-8(7)4-10;1-7(6-11)10-4-8-2-3-9(8)5-10;1-2-10(7-11)5-8-3-4-9(8)6-10/h8-9H,1-3,5-6H2;7-8H,1-6,11H2,(H,12,13);7-8H,1-6H2,(H,11,12);8-9H,2-5H2,1H3;8-9H,2-6H2,1H3/t8-,9+,10?;2*7-,8+,10?;8-,9+;8-,9+,10?. The molecular weight excluding hydrogens is 733 g/mol. The fourth-order valence-electron chi connectivity index (χ4n) is 14.2. The third kappa shape index (κ3) is 9.28. The molecule has 320 valence electrons. The van der Waals surface area contributed by atoms with Crippen LogP contribution in [0.5, 0.6) is 0 Å². The first-order valence-corrected chi connectivity index (χ1v) is 23.8. The van der Waals surface area contributed by atoms with Gasteiger partial charge < -0.3 is 16.2 Å². The van der Waals surface area contributed by atoms with Crippen LogP contribution in [0.3, 0.4) is 0 Å². The number of nitrogens with two attached hydrogens (primary N) is 1. The molecule has 14 atom stereocenters. The van der Waals surface area contributed by atoms with E-state index in [-0.39, 0.29) is 28.6 Å². The average Bonchev–Trinajstić information content (AvgIpc) is 3.98. The van der Waals surface area contributed by atoms with E-state index in [9.17, 15) is 9.59 Å². The van der Waals surface area contributed by atoms with E-state index in [0.29, 0.717) is 18.4 Å². The van der Waals surface area contributed by atoms with Crippen LogP contribution in [0, 0.1) is 126 Å². The van der Waals surface area contributed by atoms with E-state index in [0.717, 1.165) is 110 Å². The molecule has 0 aromatic rings. The second kappa shape index (κ2) is 17.9. The van der Waals surface area contributed by atoms with Crippen LogP contribution in [0.25, 0.3) is 0 Å². The van der Waals surface area contributed by atoms with Crippen molar-refractivity contribution in [3.63, 3.8) is 0 Å². The maximum absolute atomic E-state index is 11.1. The molecule has 4 N–H and O–H groups in total. The van der Waals surface area contributed by atoms with E-state index < -0.39 is 5.97 Å². The first-order valence-electron chi connectivity index (χ1n) is 23.8. The Hall–Kier alpha value is -3.40. The molecule has 11 aliphatic rings. The Balaban J connectivity index is 0.000000112. The fraction of sp³-hybridized carbons (Fsp3) is 0.840. The molecule has 9 heteroatoms. The normalized spacial score (nSPS) is 44.7. The largest absolute Gasteiger partial charge is 0.481 e. The van der Waals surface area contributed by atoms with E-state index in [4.69, 9.17) is 31.9 Å². The SMILES string of the molecule is CC(C#N)=C1C[C@H]2CC[C@H]2C1.CCC1(C#N)C[C@H]2CC[C@H]2C1.N#CCC1(C#N)C[C@H]2CC[C@H]2C1.NCC1(CC(=O)O)C[C@H]2CC[C@H]2C1.O=C1CC2(CN1)C[C@H]1CC[C@H]1C2. The molecule has 0 radical (unpaired) electrons. The summed E-state index contributed by atoms with van der Waals surface area (Å²) in [4.78, 5) is 21.8. The molecule has 1 spiro atoms. The van der Waals surface area contributed by atoms with Gasteiger partial charge in [-0.15, -0.1) is 0 Å². The van der Waals surface area contributed by atoms with Crippen LogP contribution in [0.1, 0.15) is 168 Å². The number of hydrogen-bond acceptors (Lipinski definition) is 7. The number of nitrogens with one attached hydrogen (secondary N) is 1. The van der Waals surface area contributed by atoms with Gasteiger partial charge in [-0.1, -0.05) is 12.5 Å². The molecule has 10 saturated carbocycles. The van der Waals surface area contributed by atoms with Crippen LogP contribution in [0.4, 0.5) is 0 Å². The molecule has 1 aliphatic heterocycles. The minimum atomic E-state index is -0.688. The van der Waals surface area contributed by atoms with Gasteiger partial charge in [-0.25, -0.2) is 0 Å². The summed E-state index contributed by atoms with van der Waals surface area (Å²) in [7, 11) is 0. The molecule has 11 fully saturated rings. The zero-order valence-electron chi connectivity index (χ0n) is 36.3. The average molecular weight is 805 g/mol. The van der Waals surface area contributed by atoms with E-state index in [1.807, 2.05) is 6.92 Å². The molecule has 1 heterocycles. The minimum absolute atomic E-state index is 0.0579. The third-order valence-corrected chi connectivity index (χ3v) is 18.7. The van der Waals surface area contributed by atoms with Gasteiger partial charge in [0.05, 0.1) is 47.9 Å². The number of carbonyl (C=O) groups is 2. The number of carbonyl (C=O) groups excluding carboxylic acids is 1. The Morgan fingerprint density at radius 3 is 1.44 bits per heavy atom. The van der Waals surface area contributed by atoms with Gasteiger partial charge in [0.25, 0.3) is 0 Å². The van der Waals surface area contributed by atoms with Gasteiger partial charge >= 0.3 is 5.97 Å². The van der Waals surface area contributed by atoms with Crippen molar-refractivity contribution in [2.75, 3.05) is 13.1 Å². The van der Waals surface area contributed by atoms with Crippen molar-refractivity contribution in [3.05, 3.63) is 11.1 Å². The van der Waals surface area contributed by atoms with Crippen LogP contribution >= 0.6 is 0 Å². The lowest BCUT2D eigenvalue weighted by Crippen LogP contribution is -2.30. The summed E-state index contributed by atoms with van der Waals surface area (Å²) in [6.45, 7) is 5.64. The highest BCUT2D eigenvalue weighted by Gasteiger charge is 2.53. The number of hydrogen-bond donors (Lipinski definition) is 3. The third-order valence-electron chi connectivity index (χ3n) is 18.7. The van der Waals surface area contributed by atoms with Crippen molar-refractivity contribution in [3.8, 4) is 24.3 Å². The van der Waals surface area contributed by atoms with Crippen molar-refractivity contribution < 1.29 is 14.7 Å². The summed E-state index contributed by atoms with van der Waals surface area (Å²) >= 11 is 0. The summed E-state index contributed by atoms with van der Waals surface area (Å²) in [5.74, 6) is 8.46. The van der Waals surface area contributed by atoms with Gasteiger partial charge in [0.1, 0.15) is 0 Å². The monoisotopic (exact) mass is 805 g/mol. The van der Waals surface area contributed by atoms with Crippen molar-refractivity contribution in [2.24, 2.45) is 86.6 Å². The lowest BCUT2D eigenvalue weighted by Gasteiger charge is -2.29. The van der Waals surface area contributed by atoms with Gasteiger partial charge in [0.15, 0.2) is 0 Å². The smallest absolute Gasteiger partial charge is 0.303 e. The van der Waals surface area contributed by atoms with E-state index in [1.165, 1.54) is 108 Å². The number of carboxylic acid groups (broad SMARTS) is 1. The number of aliphatic carboxylic acids is 1. The van der Waals surface area contributed by atoms with Gasteiger partial charge in [0.2, 0.25) is 5.91 Å². The van der Waals surface area contributed by atoms with Gasteiger partial charge in [-0.3, -0.25) is 9.59 Å². The molecule has 59 heavy (non-hydrogen) atoms. The predicted octanol–water partition coefficient (Wildman–Crippen LogP) is 10.1. The number of nitriles is 4. The summed E-state index contributed by atoms with van der Waals surface area (Å²) in [6.07, 6.45) is 27.9. The second-order valence-electron chi connectivity index (χ2n) is 22.1. The van der Waals surface area contributed by atoms with Crippen molar-refractivity contribution >= 4 is 11.9 Å². The van der Waals surface area contributed by atoms with Crippen molar-refractivity contribution in [2.45, 2.75) is 168 Å². The first kappa shape index (κ1) is 43.7. The van der Waals surface area contributed by atoms with E-state index in [2.05, 4.69) is 36.5 Å². The summed E-state index contributed by atoms with van der Waals surface area (Å²) in [5.41, 5.74) is 8.31. The molecular formula is C50H72N6O3. The lowest BCUT2D eigenvalue weighted by molar-refractivity contribution is -0.139. The fourth-order valence-corrected chi connectivity index (χ4v) is 14.2. The zero-order chi connectivity index (χ0) is 42.0. The van der Waals surface area contributed by atoms with Gasteiger partial charge in [0, 0.05) is 18.5 Å². The number of rotatable bonds is 5. The van der Waals surface area contributed by atoms with Crippen molar-refractivity contribution in [1.82, 2.24) is 5.32 Å². The van der Waals surface area contributed by atoms with E-state index in [1.54, 1.807) is 0 Å². The quantitative estimate of drug-likeness (QED) is 0.229. The molecule has 10 aliphatic carbocycles. The maximum atomic E-state index is 11.1. The Bertz CT molecular complexity index is 1710. The second-order valence-corrected chi connectivity index (χ2v) is 22.1. The Labute approximate surface area is 354 Å². The topological polar surface area (TPSA) is 188 Å². The Kier molecular flexibility index (Phi) is 13.3. The molecule has 1 amide bonds. The lowest BCUT2D eigenvalue weighted by atomic mass is 9.77. The molecule has 9 nitrogen and oxygen atoms in total. The Morgan fingerprint density at radius 1 is 0.695 bits per heavy atom. The van der Waals surface area contributed by atoms with Crippen LogP contribution in [-0.2, 0) is 9.59 Å². The molecule has 1 saturated heterocycles. The van der Waals surface area contributed by atoms with Crippen LogP contribution in [-0.4, -0.2) is 30.1 Å². The van der Waals surface area contributed by atoms with Gasteiger partial charge in [-0.05, 0) is 218 Å². The van der Waals surface area contributed by atoms with E-state index >= 15 is 0 Å². The van der Waals surface area contributed by atoms with Crippen LogP contribution in [0.15, 0.2) is 11.1 Å². The van der Waals surface area contributed by atoms with Gasteiger partial charge in [-0.2, -0.15) is 21.0 Å². The van der Waals surface area contributed by atoms with Crippen LogP contribution in [0.2, 0.25) is 0 Å². The number of amides is 1. The number of allylic oxidation sites excluding steroid dienone is 2. The molecule has 0 bridgehead atoms. The summed E-state index contributed by atoms with van der Waals surface area (Å²) < 4.78 is 0. The number of carboxylic acids is 1. The Morgan fingerprint density at radius 2 is 1.12 bits per heavy atom. The zero-order valence-corrected chi connectivity index (χ0v) is 36.3. The maximum Gasteiger partial charge on any atom is 0.303 e. The number of fused-ring (bicyclic) bond motifs is 5. The molecule has 0 aromatic heterocycles. The predicted molar refractivity (Wildman–Crippen MR) is 226 cm³/mol. The number of nitrogens with zero attached hydrogens (tertiary/aromatic N) is 4. The molecule has 0 aromatic carbocycles. The first-order chi connectivity index (χ1) is 28.3. The summed E-state index contributed by atoms with van der Waals surface area (Å²) in [5, 5.41) is 47.1. The highest BCUT2D eigenvalue weighted by atomic mass is 16.4. The summed E-state index contributed by atoms with van der Waals surface area (Å²) in [6, 6.07) is 9.29. The highest BCUT2D eigenvalue weighted by molar-refractivity contribution is 5.79. The van der Waals surface area contributed by atoms with Crippen molar-refractivity contribution in [1.29, 1.82) is 21.0 Å².